The number of hydrogen-bond donors (Lipinski definition) is 2. The summed E-state index contributed by atoms with van der Waals surface area (Å²) in [7, 11) is 0. The zero-order valence-corrected chi connectivity index (χ0v) is 10.4. The number of rotatable bonds is 1. The van der Waals surface area contributed by atoms with Crippen LogP contribution in [0.1, 0.15) is 24.2 Å². The maximum atomic E-state index is 11.3. The number of carbonyl (C=O) groups excluding carboxylic acids is 1. The van der Waals surface area contributed by atoms with E-state index in [0.29, 0.717) is 10.6 Å². The van der Waals surface area contributed by atoms with Gasteiger partial charge in [-0.1, -0.05) is 23.7 Å². The van der Waals surface area contributed by atoms with E-state index in [1.807, 2.05) is 19.1 Å². The Morgan fingerprint density at radius 1 is 1.47 bits per heavy atom. The van der Waals surface area contributed by atoms with Crippen molar-refractivity contribution in [1.29, 1.82) is 0 Å². The number of aryl methyl sites for hydroxylation is 1. The first kappa shape index (κ1) is 12.2. The van der Waals surface area contributed by atoms with E-state index in [1.54, 1.807) is 13.0 Å². The van der Waals surface area contributed by atoms with Crippen LogP contribution in [0.2, 0.25) is 5.02 Å². The average molecular weight is 256 g/mol. The summed E-state index contributed by atoms with van der Waals surface area (Å²) in [5.74, 6) is 0. The van der Waals surface area contributed by atoms with Gasteiger partial charge in [-0.2, -0.15) is 0 Å². The molecule has 2 N–H and O–H groups in total. The molecule has 1 aromatic rings. The summed E-state index contributed by atoms with van der Waals surface area (Å²) >= 11 is 6.10. The van der Waals surface area contributed by atoms with Gasteiger partial charge in [0.1, 0.15) is 6.10 Å². The van der Waals surface area contributed by atoms with Gasteiger partial charge >= 0.3 is 6.09 Å². The normalized spacial score (nSPS) is 28.5. The fraction of sp³-hybridized carbons (Fsp3) is 0.417. The number of carbonyl (C=O) groups is 1. The highest BCUT2D eigenvalue weighted by molar-refractivity contribution is 6.31. The van der Waals surface area contributed by atoms with E-state index in [2.05, 4.69) is 5.32 Å². The number of amides is 1. The molecule has 1 saturated heterocycles. The van der Waals surface area contributed by atoms with E-state index >= 15 is 0 Å². The molecule has 0 radical (unpaired) electrons. The molecule has 0 bridgehead atoms. The molecular formula is C12H14ClNO3. The Bertz CT molecular complexity index is 429. The molecule has 92 valence electrons. The van der Waals surface area contributed by atoms with E-state index in [1.165, 1.54) is 0 Å². The Kier molecular flexibility index (Phi) is 3.26. The Labute approximate surface area is 105 Å². The number of aliphatic hydroxyl groups is 1. The number of halogens is 1. The fourth-order valence-corrected chi connectivity index (χ4v) is 2.32. The topological polar surface area (TPSA) is 58.6 Å². The van der Waals surface area contributed by atoms with Gasteiger partial charge in [-0.15, -0.1) is 0 Å². The zero-order chi connectivity index (χ0) is 12.6. The van der Waals surface area contributed by atoms with Gasteiger partial charge in [0.2, 0.25) is 0 Å². The van der Waals surface area contributed by atoms with Crippen LogP contribution in [0.15, 0.2) is 18.2 Å². The third-order valence-corrected chi connectivity index (χ3v) is 3.29. The van der Waals surface area contributed by atoms with Crippen molar-refractivity contribution in [3.8, 4) is 0 Å². The molecule has 1 aromatic carbocycles. The zero-order valence-electron chi connectivity index (χ0n) is 9.61. The van der Waals surface area contributed by atoms with Crippen LogP contribution in [0.3, 0.4) is 0 Å². The number of alkyl carbamates (subject to hydrolysis) is 1. The van der Waals surface area contributed by atoms with E-state index in [0.717, 1.165) is 5.56 Å². The second-order valence-electron chi connectivity index (χ2n) is 4.22. The molecule has 17 heavy (non-hydrogen) atoms. The lowest BCUT2D eigenvalue weighted by atomic mass is 9.95. The summed E-state index contributed by atoms with van der Waals surface area (Å²) in [6.07, 6.45) is -2.06. The van der Waals surface area contributed by atoms with Crippen LogP contribution >= 0.6 is 11.6 Å². The number of aliphatic hydroxyl groups excluding tert-OH is 1. The molecule has 0 aliphatic carbocycles. The molecule has 5 heteroatoms. The van der Waals surface area contributed by atoms with Crippen LogP contribution in [0.4, 0.5) is 4.79 Å². The largest absolute Gasteiger partial charge is 0.438 e. The van der Waals surface area contributed by atoms with Crippen LogP contribution in [-0.2, 0) is 4.74 Å². The van der Waals surface area contributed by atoms with E-state index in [4.69, 9.17) is 16.3 Å². The van der Waals surface area contributed by atoms with Gasteiger partial charge in [0.25, 0.3) is 0 Å². The van der Waals surface area contributed by atoms with Gasteiger partial charge < -0.3 is 15.2 Å². The standard InChI is InChI=1S/C12H14ClNO3/c1-6-4-3-5-8(13)9(6)11-10(15)7(2)14-12(16)17-11/h3-5,7,10-11,15H,1-2H3,(H,14,16). The molecule has 2 rings (SSSR count). The average Bonchev–Trinajstić information content (AvgIpc) is 2.24. The highest BCUT2D eigenvalue weighted by Crippen LogP contribution is 2.34. The van der Waals surface area contributed by atoms with Gasteiger partial charge in [-0.05, 0) is 25.5 Å². The maximum absolute atomic E-state index is 11.3. The van der Waals surface area contributed by atoms with Gasteiger partial charge in [-0.3, -0.25) is 0 Å². The summed E-state index contributed by atoms with van der Waals surface area (Å²) in [6.45, 7) is 3.60. The maximum Gasteiger partial charge on any atom is 0.408 e. The lowest BCUT2D eigenvalue weighted by Crippen LogP contribution is -2.51. The molecule has 3 atom stereocenters. The van der Waals surface area contributed by atoms with Crippen LogP contribution < -0.4 is 5.32 Å². The second-order valence-corrected chi connectivity index (χ2v) is 4.63. The first-order valence-corrected chi connectivity index (χ1v) is 5.78. The van der Waals surface area contributed by atoms with Crippen LogP contribution in [0, 0.1) is 6.92 Å². The van der Waals surface area contributed by atoms with E-state index in [-0.39, 0.29) is 6.04 Å². The van der Waals surface area contributed by atoms with Crippen LogP contribution in [0.25, 0.3) is 0 Å². The molecule has 0 aromatic heterocycles. The fourth-order valence-electron chi connectivity index (χ4n) is 1.99. The minimum absolute atomic E-state index is 0.364. The first-order chi connectivity index (χ1) is 8.00. The Balaban J connectivity index is 2.41. The van der Waals surface area contributed by atoms with Crippen molar-refractivity contribution in [2.75, 3.05) is 0 Å². The second kappa shape index (κ2) is 4.55. The van der Waals surface area contributed by atoms with Crippen LogP contribution in [0.5, 0.6) is 0 Å². The van der Waals surface area contributed by atoms with Crippen molar-refractivity contribution in [2.24, 2.45) is 0 Å². The quantitative estimate of drug-likeness (QED) is 0.809. The molecule has 1 aliphatic heterocycles. The van der Waals surface area contributed by atoms with Gasteiger partial charge in [0, 0.05) is 10.6 Å². The first-order valence-electron chi connectivity index (χ1n) is 5.41. The summed E-state index contributed by atoms with van der Waals surface area (Å²) in [5.41, 5.74) is 1.56. The summed E-state index contributed by atoms with van der Waals surface area (Å²) in [6, 6.07) is 5.04. The van der Waals surface area contributed by atoms with E-state index < -0.39 is 18.3 Å². The number of benzene rings is 1. The number of nitrogens with one attached hydrogen (secondary N) is 1. The Hall–Kier alpha value is -1.26. The Morgan fingerprint density at radius 3 is 2.82 bits per heavy atom. The van der Waals surface area contributed by atoms with Crippen molar-refractivity contribution < 1.29 is 14.6 Å². The Morgan fingerprint density at radius 2 is 2.18 bits per heavy atom. The highest BCUT2D eigenvalue weighted by atomic mass is 35.5. The SMILES string of the molecule is Cc1cccc(Cl)c1C1OC(=O)NC(C)C1O. The third-order valence-electron chi connectivity index (χ3n) is 2.96. The number of hydrogen-bond acceptors (Lipinski definition) is 3. The number of ether oxygens (including phenoxy) is 1. The lowest BCUT2D eigenvalue weighted by Gasteiger charge is -2.34. The molecule has 0 saturated carbocycles. The molecule has 1 amide bonds. The van der Waals surface area contributed by atoms with Crippen LogP contribution in [-0.4, -0.2) is 23.3 Å². The summed E-state index contributed by atoms with van der Waals surface area (Å²) in [4.78, 5) is 11.3. The molecule has 3 unspecified atom stereocenters. The molecule has 1 heterocycles. The third kappa shape index (κ3) is 2.23. The van der Waals surface area contributed by atoms with Crippen molar-refractivity contribution in [1.82, 2.24) is 5.32 Å². The molecular weight excluding hydrogens is 242 g/mol. The molecule has 1 aliphatic rings. The highest BCUT2D eigenvalue weighted by Gasteiger charge is 2.37. The van der Waals surface area contributed by atoms with Crippen molar-refractivity contribution in [2.45, 2.75) is 32.1 Å². The minimum atomic E-state index is -0.814. The van der Waals surface area contributed by atoms with Gasteiger partial charge in [0.05, 0.1) is 6.04 Å². The monoisotopic (exact) mass is 255 g/mol. The number of cyclic esters (lactones) is 1. The molecule has 4 nitrogen and oxygen atoms in total. The van der Waals surface area contributed by atoms with Gasteiger partial charge in [0.15, 0.2) is 6.10 Å². The smallest absolute Gasteiger partial charge is 0.408 e. The lowest BCUT2D eigenvalue weighted by molar-refractivity contribution is -0.0410. The van der Waals surface area contributed by atoms with Crippen molar-refractivity contribution >= 4 is 17.7 Å². The molecule has 0 spiro atoms. The predicted molar refractivity (Wildman–Crippen MR) is 64.0 cm³/mol. The summed E-state index contributed by atoms with van der Waals surface area (Å²) < 4.78 is 5.13. The predicted octanol–water partition coefficient (Wildman–Crippen LogP) is 2.18. The minimum Gasteiger partial charge on any atom is -0.438 e. The van der Waals surface area contributed by atoms with Crippen molar-refractivity contribution in [3.63, 3.8) is 0 Å². The van der Waals surface area contributed by atoms with Gasteiger partial charge in [-0.25, -0.2) is 4.79 Å². The van der Waals surface area contributed by atoms with Crippen molar-refractivity contribution in [3.05, 3.63) is 34.3 Å². The molecule has 1 fully saturated rings. The van der Waals surface area contributed by atoms with E-state index in [9.17, 15) is 9.90 Å². The summed E-state index contributed by atoms with van der Waals surface area (Å²) in [5, 5.41) is 13.1.